The lowest BCUT2D eigenvalue weighted by Gasteiger charge is -2.09. The molecule has 1 aliphatic rings. The normalized spacial score (nSPS) is 14.5. The van der Waals surface area contributed by atoms with E-state index in [2.05, 4.69) is 22.2 Å². The topological polar surface area (TPSA) is 37.8 Å². The van der Waals surface area contributed by atoms with Crippen molar-refractivity contribution in [2.75, 3.05) is 5.32 Å². The van der Waals surface area contributed by atoms with E-state index in [0.717, 1.165) is 33.0 Å². The second-order valence-electron chi connectivity index (χ2n) is 5.76. The van der Waals surface area contributed by atoms with E-state index in [1.807, 2.05) is 19.1 Å². The maximum Gasteiger partial charge on any atom is 0.139 e. The summed E-state index contributed by atoms with van der Waals surface area (Å²) in [5, 5.41) is 4.58. The van der Waals surface area contributed by atoms with Gasteiger partial charge in [0.25, 0.3) is 0 Å². The smallest absolute Gasteiger partial charge is 0.139 e. The highest BCUT2D eigenvalue weighted by Gasteiger charge is 2.25. The van der Waals surface area contributed by atoms with Crippen LogP contribution in [0.15, 0.2) is 24.3 Å². The number of hydrogen-bond donors (Lipinski definition) is 1. The Morgan fingerprint density at radius 1 is 1.14 bits per heavy atom. The Kier molecular flexibility index (Phi) is 3.11. The molecule has 1 aliphatic carbocycles. The third kappa shape index (κ3) is 2.35. The van der Waals surface area contributed by atoms with Crippen molar-refractivity contribution in [3.8, 4) is 11.1 Å². The zero-order valence-electron chi connectivity index (χ0n) is 12.5. The van der Waals surface area contributed by atoms with Crippen LogP contribution in [0.4, 0.5) is 10.2 Å². The zero-order chi connectivity index (χ0) is 15.3. The van der Waals surface area contributed by atoms with Crippen molar-refractivity contribution in [2.45, 2.75) is 32.7 Å². The third-order valence-corrected chi connectivity index (χ3v) is 4.89. The Hall–Kier alpha value is -2.01. The molecule has 0 spiro atoms. The molecule has 1 fully saturated rings. The van der Waals surface area contributed by atoms with Gasteiger partial charge in [-0.3, -0.25) is 0 Å². The van der Waals surface area contributed by atoms with E-state index >= 15 is 0 Å². The van der Waals surface area contributed by atoms with Gasteiger partial charge < -0.3 is 5.32 Å². The minimum absolute atomic E-state index is 0.218. The van der Waals surface area contributed by atoms with Crippen molar-refractivity contribution in [1.29, 1.82) is 0 Å². The number of nitrogens with one attached hydrogen (secondary N) is 1. The van der Waals surface area contributed by atoms with Gasteiger partial charge in [-0.1, -0.05) is 12.1 Å². The first-order valence-electron chi connectivity index (χ1n) is 7.42. The number of benzene rings is 1. The van der Waals surface area contributed by atoms with Gasteiger partial charge in [0.05, 0.1) is 5.39 Å². The van der Waals surface area contributed by atoms with Crippen LogP contribution in [0.2, 0.25) is 0 Å². The van der Waals surface area contributed by atoms with Crippen molar-refractivity contribution in [3.05, 3.63) is 40.8 Å². The van der Waals surface area contributed by atoms with Crippen LogP contribution in [0.3, 0.4) is 0 Å². The molecule has 0 saturated heterocycles. The molecule has 0 radical (unpaired) electrons. The van der Waals surface area contributed by atoms with Crippen LogP contribution < -0.4 is 5.32 Å². The second kappa shape index (κ2) is 5.02. The average molecular weight is 313 g/mol. The predicted octanol–water partition coefficient (Wildman–Crippen LogP) is 4.69. The minimum Gasteiger partial charge on any atom is -0.367 e. The maximum absolute atomic E-state index is 13.2. The van der Waals surface area contributed by atoms with Crippen molar-refractivity contribution in [2.24, 2.45) is 0 Å². The van der Waals surface area contributed by atoms with Crippen LogP contribution >= 0.6 is 11.3 Å². The maximum atomic E-state index is 13.2. The van der Waals surface area contributed by atoms with E-state index < -0.39 is 0 Å². The van der Waals surface area contributed by atoms with Crippen LogP contribution in [0.1, 0.15) is 23.5 Å². The lowest BCUT2D eigenvalue weighted by atomic mass is 10.0. The predicted molar refractivity (Wildman–Crippen MR) is 88.9 cm³/mol. The third-order valence-electron chi connectivity index (χ3n) is 3.89. The van der Waals surface area contributed by atoms with Crippen LogP contribution in [0.25, 0.3) is 21.3 Å². The summed E-state index contributed by atoms with van der Waals surface area (Å²) in [5.74, 6) is 1.47. The lowest BCUT2D eigenvalue weighted by molar-refractivity contribution is 0.628. The molecule has 3 nitrogen and oxygen atoms in total. The Balaban J connectivity index is 1.96. The number of fused-ring (bicyclic) bond motifs is 1. The summed E-state index contributed by atoms with van der Waals surface area (Å²) in [5.41, 5.74) is 2.12. The summed E-state index contributed by atoms with van der Waals surface area (Å²) in [7, 11) is 0. The molecule has 112 valence electrons. The Morgan fingerprint density at radius 2 is 1.86 bits per heavy atom. The molecule has 1 saturated carbocycles. The summed E-state index contributed by atoms with van der Waals surface area (Å²) in [6.45, 7) is 4.01. The minimum atomic E-state index is -0.218. The molecule has 0 amide bonds. The number of halogens is 1. The highest BCUT2D eigenvalue weighted by molar-refractivity contribution is 7.19. The number of thiophene rings is 1. The molecule has 1 aromatic carbocycles. The van der Waals surface area contributed by atoms with Crippen molar-refractivity contribution >= 4 is 27.4 Å². The molecular weight excluding hydrogens is 297 g/mol. The lowest BCUT2D eigenvalue weighted by Crippen LogP contribution is -2.05. The van der Waals surface area contributed by atoms with Gasteiger partial charge in [0.15, 0.2) is 0 Å². The van der Waals surface area contributed by atoms with Crippen LogP contribution in [0, 0.1) is 19.7 Å². The summed E-state index contributed by atoms with van der Waals surface area (Å²) in [4.78, 5) is 11.4. The number of hydrogen-bond acceptors (Lipinski definition) is 4. The SMILES string of the molecule is Cc1nc(NC2CC2)c2c(-c3ccc(F)cc3)c(C)sc2n1. The van der Waals surface area contributed by atoms with E-state index in [-0.39, 0.29) is 5.82 Å². The van der Waals surface area contributed by atoms with Gasteiger partial charge in [0.1, 0.15) is 22.3 Å². The molecule has 0 unspecified atom stereocenters. The number of aryl methyl sites for hydroxylation is 2. The first-order valence-corrected chi connectivity index (χ1v) is 8.23. The van der Waals surface area contributed by atoms with Gasteiger partial charge in [0, 0.05) is 16.5 Å². The molecule has 2 aromatic heterocycles. The molecule has 5 heteroatoms. The molecule has 4 rings (SSSR count). The quantitative estimate of drug-likeness (QED) is 0.762. The van der Waals surface area contributed by atoms with Gasteiger partial charge in [-0.2, -0.15) is 0 Å². The Morgan fingerprint density at radius 3 is 2.55 bits per heavy atom. The van der Waals surface area contributed by atoms with Gasteiger partial charge in [-0.15, -0.1) is 11.3 Å². The fraction of sp³-hybridized carbons (Fsp3) is 0.294. The van der Waals surface area contributed by atoms with Gasteiger partial charge in [-0.05, 0) is 44.4 Å². The van der Waals surface area contributed by atoms with E-state index in [9.17, 15) is 4.39 Å². The summed E-state index contributed by atoms with van der Waals surface area (Å²) >= 11 is 1.67. The second-order valence-corrected chi connectivity index (χ2v) is 6.96. The van der Waals surface area contributed by atoms with E-state index in [1.165, 1.54) is 29.9 Å². The largest absolute Gasteiger partial charge is 0.367 e. The molecule has 1 N–H and O–H groups in total. The van der Waals surface area contributed by atoms with Crippen molar-refractivity contribution in [3.63, 3.8) is 0 Å². The molecular formula is C17H16FN3S. The molecule has 0 aliphatic heterocycles. The monoisotopic (exact) mass is 313 g/mol. The van der Waals surface area contributed by atoms with Crippen LogP contribution in [0.5, 0.6) is 0 Å². The fourth-order valence-electron chi connectivity index (χ4n) is 2.71. The first kappa shape index (κ1) is 13.6. The molecule has 22 heavy (non-hydrogen) atoms. The zero-order valence-corrected chi connectivity index (χ0v) is 13.3. The summed E-state index contributed by atoms with van der Waals surface area (Å²) < 4.78 is 13.2. The van der Waals surface area contributed by atoms with E-state index in [0.29, 0.717) is 6.04 Å². The van der Waals surface area contributed by atoms with E-state index in [1.54, 1.807) is 11.3 Å². The number of anilines is 1. The van der Waals surface area contributed by atoms with E-state index in [4.69, 9.17) is 0 Å². The average Bonchev–Trinajstić information content (AvgIpc) is 3.21. The highest BCUT2D eigenvalue weighted by atomic mass is 32.1. The van der Waals surface area contributed by atoms with Crippen molar-refractivity contribution in [1.82, 2.24) is 9.97 Å². The van der Waals surface area contributed by atoms with Gasteiger partial charge in [0.2, 0.25) is 0 Å². The molecule has 3 aromatic rings. The highest BCUT2D eigenvalue weighted by Crippen LogP contribution is 2.41. The molecule has 2 heterocycles. The van der Waals surface area contributed by atoms with Crippen LogP contribution in [-0.4, -0.2) is 16.0 Å². The number of rotatable bonds is 3. The first-order chi connectivity index (χ1) is 10.6. The summed E-state index contributed by atoms with van der Waals surface area (Å²) in [6, 6.07) is 7.18. The standard InChI is InChI=1S/C17H16FN3S/c1-9-14(11-3-5-12(18)6-4-11)15-16(21-13-7-8-13)19-10(2)20-17(15)22-9/h3-6,13H,7-8H2,1-2H3,(H,19,20,21). The molecule has 0 bridgehead atoms. The van der Waals surface area contributed by atoms with Gasteiger partial charge in [-0.25, -0.2) is 14.4 Å². The summed E-state index contributed by atoms with van der Waals surface area (Å²) in [6.07, 6.45) is 2.39. The Bertz CT molecular complexity index is 850. The fourth-order valence-corrected chi connectivity index (χ4v) is 3.80. The molecule has 0 atom stereocenters. The van der Waals surface area contributed by atoms with Gasteiger partial charge >= 0.3 is 0 Å². The van der Waals surface area contributed by atoms with Crippen LogP contribution in [-0.2, 0) is 0 Å². The number of aromatic nitrogens is 2. The Labute approximate surface area is 132 Å². The van der Waals surface area contributed by atoms with Crippen molar-refractivity contribution < 1.29 is 4.39 Å². The number of nitrogens with zero attached hydrogens (tertiary/aromatic N) is 2.